The Morgan fingerprint density at radius 2 is 1.77 bits per heavy atom. The van der Waals surface area contributed by atoms with Crippen molar-refractivity contribution in [2.75, 3.05) is 4.90 Å². The number of aromatic nitrogens is 5. The van der Waals surface area contributed by atoms with E-state index in [1.165, 1.54) is 0 Å². The van der Waals surface area contributed by atoms with Crippen LogP contribution >= 0.6 is 12.4 Å². The van der Waals surface area contributed by atoms with Crippen LogP contribution in [0, 0.1) is 5.21 Å². The van der Waals surface area contributed by atoms with Crippen LogP contribution in [0.2, 0.25) is 0 Å². The number of rotatable bonds is 6. The lowest BCUT2D eigenvalue weighted by molar-refractivity contribution is -0.622. The van der Waals surface area contributed by atoms with Crippen molar-refractivity contribution in [2.45, 2.75) is 46.1 Å². The number of aromatic amines is 1. The van der Waals surface area contributed by atoms with Crippen LogP contribution < -0.4 is 9.63 Å². The molecule has 0 fully saturated rings. The summed E-state index contributed by atoms with van der Waals surface area (Å²) in [6, 6.07) is 18.0. The van der Waals surface area contributed by atoms with E-state index in [1.54, 1.807) is 0 Å². The molecule has 0 radical (unpaired) electrons. The first-order chi connectivity index (χ1) is 16.6. The fourth-order valence-electron chi connectivity index (χ4n) is 4.72. The first kappa shape index (κ1) is 24.3. The zero-order valence-electron chi connectivity index (χ0n) is 19.7. The maximum atomic E-state index is 12.9. The molecule has 1 N–H and O–H groups in total. The van der Waals surface area contributed by atoms with E-state index in [2.05, 4.69) is 32.8 Å². The highest BCUT2D eigenvalue weighted by Crippen LogP contribution is 2.33. The van der Waals surface area contributed by atoms with Gasteiger partial charge in [0.2, 0.25) is 11.7 Å². The van der Waals surface area contributed by atoms with E-state index >= 15 is 0 Å². The summed E-state index contributed by atoms with van der Waals surface area (Å²) >= 11 is 0. The van der Waals surface area contributed by atoms with Gasteiger partial charge >= 0.3 is 0 Å². The van der Waals surface area contributed by atoms with Gasteiger partial charge in [-0.3, -0.25) is 4.79 Å². The standard InChI is InChI=1S/C26H26N6O2.ClH/c1-3-19-15-24-22(23(4-2)32(19)34)13-14-25(33)31(24)16-17-9-11-18(12-10-17)20-7-5-6-8-21(20)26-27-29-30-28-26;/h5-12,15H,3-4,13-14,16H2,1-2H3,(H,27,28,29,30);1H. The van der Waals surface area contributed by atoms with Gasteiger partial charge in [-0.25, -0.2) is 0 Å². The summed E-state index contributed by atoms with van der Waals surface area (Å²) in [6.45, 7) is 4.43. The summed E-state index contributed by atoms with van der Waals surface area (Å²) in [5.74, 6) is 0.635. The number of amides is 1. The van der Waals surface area contributed by atoms with E-state index in [9.17, 15) is 10.0 Å². The SMILES string of the molecule is CCc1cc2c(c(CC)[n+]1[O-])CCC(=O)N2Cc1ccc(-c2ccccc2-c2nn[nH]n2)cc1.Cl. The summed E-state index contributed by atoms with van der Waals surface area (Å²) < 4.78 is 1.06. The number of nitrogens with zero attached hydrogens (tertiary/aromatic N) is 5. The minimum atomic E-state index is 0. The first-order valence-electron chi connectivity index (χ1n) is 11.6. The molecule has 35 heavy (non-hydrogen) atoms. The Morgan fingerprint density at radius 3 is 2.43 bits per heavy atom. The van der Waals surface area contributed by atoms with Crippen molar-refractivity contribution in [3.05, 3.63) is 82.3 Å². The number of carbonyl (C=O) groups excluding carboxylic acids is 1. The van der Waals surface area contributed by atoms with E-state index in [-0.39, 0.29) is 18.3 Å². The van der Waals surface area contributed by atoms with E-state index < -0.39 is 0 Å². The Hall–Kier alpha value is -3.78. The van der Waals surface area contributed by atoms with Crippen LogP contribution in [0.25, 0.3) is 22.5 Å². The molecule has 0 unspecified atom stereocenters. The number of anilines is 1. The van der Waals surface area contributed by atoms with Crippen molar-refractivity contribution < 1.29 is 9.52 Å². The van der Waals surface area contributed by atoms with Gasteiger partial charge in [-0.05, 0) is 28.3 Å². The molecule has 1 amide bonds. The van der Waals surface area contributed by atoms with Crippen molar-refractivity contribution in [1.29, 1.82) is 0 Å². The summed E-state index contributed by atoms with van der Waals surface area (Å²) in [4.78, 5) is 14.8. The van der Waals surface area contributed by atoms with E-state index in [4.69, 9.17) is 0 Å². The first-order valence-corrected chi connectivity index (χ1v) is 11.6. The minimum absolute atomic E-state index is 0. The van der Waals surface area contributed by atoms with Crippen LogP contribution in [0.4, 0.5) is 5.69 Å². The van der Waals surface area contributed by atoms with Gasteiger partial charge in [0.05, 0.1) is 12.2 Å². The quantitative estimate of drug-likeness (QED) is 0.322. The fraction of sp³-hybridized carbons (Fsp3) is 0.269. The molecule has 2 aromatic carbocycles. The Labute approximate surface area is 210 Å². The molecule has 5 rings (SSSR count). The highest BCUT2D eigenvalue weighted by Gasteiger charge is 2.31. The normalized spacial score (nSPS) is 12.9. The zero-order chi connectivity index (χ0) is 23.7. The number of hydrogen-bond acceptors (Lipinski definition) is 5. The number of hydrogen-bond donors (Lipinski definition) is 1. The molecule has 4 aromatic rings. The molecule has 1 aliphatic heterocycles. The summed E-state index contributed by atoms with van der Waals surface area (Å²) in [5.41, 5.74) is 7.32. The third-order valence-corrected chi connectivity index (χ3v) is 6.46. The second-order valence-corrected chi connectivity index (χ2v) is 8.41. The molecule has 0 atom stereocenters. The lowest BCUT2D eigenvalue weighted by atomic mass is 9.96. The molecular weight excluding hydrogens is 464 g/mol. The van der Waals surface area contributed by atoms with Crippen LogP contribution in [0.5, 0.6) is 0 Å². The average molecular weight is 491 g/mol. The van der Waals surface area contributed by atoms with Crippen molar-refractivity contribution in [3.8, 4) is 22.5 Å². The predicted molar refractivity (Wildman–Crippen MR) is 136 cm³/mol. The fourth-order valence-corrected chi connectivity index (χ4v) is 4.72. The monoisotopic (exact) mass is 490 g/mol. The largest absolute Gasteiger partial charge is 0.618 e. The molecule has 2 aromatic heterocycles. The number of benzene rings is 2. The summed E-state index contributed by atoms with van der Waals surface area (Å²) in [7, 11) is 0. The highest BCUT2D eigenvalue weighted by atomic mass is 35.5. The van der Waals surface area contributed by atoms with Crippen molar-refractivity contribution in [3.63, 3.8) is 0 Å². The topological polar surface area (TPSA) is 102 Å². The number of H-pyrrole nitrogens is 1. The molecular formula is C26H27ClN6O2. The van der Waals surface area contributed by atoms with Crippen LogP contribution in [0.15, 0.2) is 54.6 Å². The van der Waals surface area contributed by atoms with Crippen molar-refractivity contribution >= 4 is 24.0 Å². The van der Waals surface area contributed by atoms with Gasteiger partial charge < -0.3 is 10.1 Å². The Bertz CT molecular complexity index is 1340. The molecule has 180 valence electrons. The predicted octanol–water partition coefficient (Wildman–Crippen LogP) is 4.19. The van der Waals surface area contributed by atoms with Crippen molar-refractivity contribution in [2.24, 2.45) is 0 Å². The second-order valence-electron chi connectivity index (χ2n) is 8.41. The highest BCUT2D eigenvalue weighted by molar-refractivity contribution is 5.96. The third kappa shape index (κ3) is 4.49. The number of pyridine rings is 1. The molecule has 0 aliphatic carbocycles. The molecule has 1 aliphatic rings. The Kier molecular flexibility index (Phi) is 7.12. The number of carbonyl (C=O) groups is 1. The van der Waals surface area contributed by atoms with Crippen LogP contribution in [0.1, 0.15) is 42.8 Å². The summed E-state index contributed by atoms with van der Waals surface area (Å²) in [6.07, 6.45) is 2.31. The average Bonchev–Trinajstić information content (AvgIpc) is 3.41. The molecule has 3 heterocycles. The van der Waals surface area contributed by atoms with E-state index in [0.29, 0.717) is 43.7 Å². The smallest absolute Gasteiger partial charge is 0.227 e. The second kappa shape index (κ2) is 10.2. The maximum Gasteiger partial charge on any atom is 0.227 e. The van der Waals surface area contributed by atoms with Gasteiger partial charge in [0, 0.05) is 36.5 Å². The van der Waals surface area contributed by atoms with E-state index in [1.807, 2.05) is 61.2 Å². The summed E-state index contributed by atoms with van der Waals surface area (Å²) in [5, 5.41) is 27.1. The Balaban J connectivity index is 0.00000289. The van der Waals surface area contributed by atoms with Gasteiger partial charge in [0.15, 0.2) is 11.4 Å². The van der Waals surface area contributed by atoms with E-state index in [0.717, 1.165) is 43.9 Å². The Morgan fingerprint density at radius 1 is 1.03 bits per heavy atom. The van der Waals surface area contributed by atoms with Gasteiger partial charge in [-0.15, -0.1) is 22.6 Å². The van der Waals surface area contributed by atoms with Crippen LogP contribution in [0.3, 0.4) is 0 Å². The van der Waals surface area contributed by atoms with Crippen molar-refractivity contribution in [1.82, 2.24) is 20.6 Å². The molecule has 9 heteroatoms. The maximum absolute atomic E-state index is 12.9. The number of nitrogens with one attached hydrogen (secondary N) is 1. The lowest BCUT2D eigenvalue weighted by Gasteiger charge is -2.30. The number of aryl methyl sites for hydroxylation is 1. The lowest BCUT2D eigenvalue weighted by Crippen LogP contribution is -2.42. The minimum Gasteiger partial charge on any atom is -0.618 e. The molecule has 0 spiro atoms. The number of halogens is 1. The molecule has 0 bridgehead atoms. The van der Waals surface area contributed by atoms with Crippen LogP contribution in [-0.4, -0.2) is 26.5 Å². The van der Waals surface area contributed by atoms with Gasteiger partial charge in [0.25, 0.3) is 0 Å². The van der Waals surface area contributed by atoms with Gasteiger partial charge in [-0.2, -0.15) is 9.94 Å². The molecule has 8 nitrogen and oxygen atoms in total. The van der Waals surface area contributed by atoms with Gasteiger partial charge in [0.1, 0.15) is 0 Å². The number of fused-ring (bicyclic) bond motifs is 1. The molecule has 0 saturated heterocycles. The third-order valence-electron chi connectivity index (χ3n) is 6.46. The van der Waals surface area contributed by atoms with Gasteiger partial charge in [-0.1, -0.05) is 62.4 Å². The zero-order valence-corrected chi connectivity index (χ0v) is 20.5. The van der Waals surface area contributed by atoms with Crippen LogP contribution in [-0.2, 0) is 30.6 Å². The molecule has 0 saturated carbocycles. The number of tetrazole rings is 1.